The van der Waals surface area contributed by atoms with Crippen LogP contribution in [0.2, 0.25) is 5.02 Å². The molecule has 33 heavy (non-hydrogen) atoms. The number of ether oxygens (including phenoxy) is 1. The third-order valence-electron chi connectivity index (χ3n) is 5.63. The molecule has 4 rings (SSSR count). The van der Waals surface area contributed by atoms with E-state index in [2.05, 4.69) is 15.9 Å². The fourth-order valence-electron chi connectivity index (χ4n) is 4.20. The van der Waals surface area contributed by atoms with Gasteiger partial charge in [0, 0.05) is 34.4 Å². The molecule has 3 aromatic rings. The number of hydrogen-bond acceptors (Lipinski definition) is 3. The van der Waals surface area contributed by atoms with Gasteiger partial charge in [-0.3, -0.25) is 9.59 Å². The minimum absolute atomic E-state index is 0.197. The topological polar surface area (TPSA) is 66.8 Å². The second-order valence-electron chi connectivity index (χ2n) is 8.50. The van der Waals surface area contributed by atoms with Crippen molar-refractivity contribution >= 4 is 39.4 Å². The number of benzene rings is 3. The predicted octanol–water partition coefficient (Wildman–Crippen LogP) is 5.77. The third kappa shape index (κ3) is 5.57. The number of fused-ring (bicyclic) bond motifs is 1. The number of carboxylic acids is 1. The zero-order valence-corrected chi connectivity index (χ0v) is 20.4. The second kappa shape index (κ2) is 9.57. The summed E-state index contributed by atoms with van der Waals surface area (Å²) in [6.07, 6.45) is 1.26. The molecular formula is C26H23BrClNO4. The molecule has 0 saturated heterocycles. The van der Waals surface area contributed by atoms with E-state index in [1.54, 1.807) is 12.1 Å². The lowest BCUT2D eigenvalue weighted by atomic mass is 9.91. The minimum atomic E-state index is -1.06. The van der Waals surface area contributed by atoms with Crippen LogP contribution < -0.4 is 4.74 Å². The van der Waals surface area contributed by atoms with E-state index in [-0.39, 0.29) is 19.0 Å². The molecule has 0 fully saturated rings. The maximum atomic E-state index is 13.3. The van der Waals surface area contributed by atoms with Crippen molar-refractivity contribution in [3.05, 3.63) is 98.5 Å². The van der Waals surface area contributed by atoms with Gasteiger partial charge in [0.2, 0.25) is 0 Å². The monoisotopic (exact) mass is 527 g/mol. The summed E-state index contributed by atoms with van der Waals surface area (Å²) in [5.74, 6) is -0.659. The Balaban J connectivity index is 1.54. The van der Waals surface area contributed by atoms with Crippen LogP contribution in [0.25, 0.3) is 0 Å². The molecule has 1 atom stereocenters. The molecule has 5 nitrogen and oxygen atoms in total. The zero-order valence-electron chi connectivity index (χ0n) is 18.1. The van der Waals surface area contributed by atoms with Crippen LogP contribution in [-0.4, -0.2) is 34.0 Å². The molecule has 0 saturated carbocycles. The van der Waals surface area contributed by atoms with Crippen LogP contribution in [0, 0.1) is 0 Å². The van der Waals surface area contributed by atoms with Crippen LogP contribution in [-0.2, 0) is 24.2 Å². The first-order chi connectivity index (χ1) is 15.7. The Morgan fingerprint density at radius 1 is 1.12 bits per heavy atom. The quantitative estimate of drug-likeness (QED) is 0.423. The van der Waals surface area contributed by atoms with Gasteiger partial charge in [-0.25, -0.2) is 0 Å². The minimum Gasteiger partial charge on any atom is -0.487 e. The van der Waals surface area contributed by atoms with Gasteiger partial charge in [0.25, 0.3) is 5.91 Å². The summed E-state index contributed by atoms with van der Waals surface area (Å²) in [4.78, 5) is 26.0. The molecule has 7 heteroatoms. The lowest BCUT2D eigenvalue weighted by Crippen LogP contribution is -2.35. The van der Waals surface area contributed by atoms with Gasteiger partial charge in [-0.05, 0) is 60.0 Å². The highest BCUT2D eigenvalue weighted by Crippen LogP contribution is 2.38. The van der Waals surface area contributed by atoms with E-state index in [9.17, 15) is 14.7 Å². The van der Waals surface area contributed by atoms with Gasteiger partial charge in [0.1, 0.15) is 17.9 Å². The molecule has 0 aliphatic carbocycles. The molecule has 0 spiro atoms. The SMILES string of the molecule is C[C@]1(Cc2ccccc2Cl)Cc2cc(C(=O)N(CC(=O)O)Cc3cccc(Br)c3)ccc2O1. The van der Waals surface area contributed by atoms with Gasteiger partial charge in [-0.1, -0.05) is 57.9 Å². The highest BCUT2D eigenvalue weighted by molar-refractivity contribution is 9.10. The van der Waals surface area contributed by atoms with Crippen LogP contribution in [0.3, 0.4) is 0 Å². The maximum absolute atomic E-state index is 13.3. The van der Waals surface area contributed by atoms with Crippen molar-refractivity contribution in [2.45, 2.75) is 31.9 Å². The summed E-state index contributed by atoms with van der Waals surface area (Å²) < 4.78 is 7.11. The molecule has 1 N–H and O–H groups in total. The van der Waals surface area contributed by atoms with E-state index < -0.39 is 11.6 Å². The number of carbonyl (C=O) groups excluding carboxylic acids is 1. The fourth-order valence-corrected chi connectivity index (χ4v) is 4.85. The number of halogens is 2. The Morgan fingerprint density at radius 3 is 2.64 bits per heavy atom. The Kier molecular flexibility index (Phi) is 6.77. The van der Waals surface area contributed by atoms with Gasteiger partial charge in [-0.15, -0.1) is 0 Å². The highest BCUT2D eigenvalue weighted by Gasteiger charge is 2.36. The van der Waals surface area contributed by atoms with Crippen LogP contribution in [0.1, 0.15) is 34.0 Å². The second-order valence-corrected chi connectivity index (χ2v) is 9.83. The molecule has 1 aliphatic heterocycles. The van der Waals surface area contributed by atoms with Gasteiger partial charge in [0.05, 0.1) is 0 Å². The van der Waals surface area contributed by atoms with Crippen molar-refractivity contribution < 1.29 is 19.4 Å². The Morgan fingerprint density at radius 2 is 1.91 bits per heavy atom. The number of hydrogen-bond donors (Lipinski definition) is 1. The smallest absolute Gasteiger partial charge is 0.323 e. The van der Waals surface area contributed by atoms with Gasteiger partial charge < -0.3 is 14.7 Å². The first-order valence-corrected chi connectivity index (χ1v) is 11.7. The molecule has 170 valence electrons. The summed E-state index contributed by atoms with van der Waals surface area (Å²) in [6, 6.07) is 20.5. The average Bonchev–Trinajstić information content (AvgIpc) is 3.09. The van der Waals surface area contributed by atoms with Crippen molar-refractivity contribution in [2.75, 3.05) is 6.54 Å². The standard InChI is InChI=1S/C26H23BrClNO4/c1-26(13-19-6-2-3-8-22(19)28)14-20-12-18(9-10-23(20)33-26)25(32)29(16-24(30)31)15-17-5-4-7-21(27)11-17/h2-12H,13-16H2,1H3,(H,30,31)/t26-/m0/s1. The Hall–Kier alpha value is -2.83. The van der Waals surface area contributed by atoms with E-state index in [4.69, 9.17) is 16.3 Å². The third-order valence-corrected chi connectivity index (χ3v) is 6.49. The molecule has 3 aromatic carbocycles. The van der Waals surface area contributed by atoms with E-state index in [0.717, 1.165) is 26.9 Å². The van der Waals surface area contributed by atoms with Crippen molar-refractivity contribution in [1.29, 1.82) is 0 Å². The summed E-state index contributed by atoms with van der Waals surface area (Å²) in [5, 5.41) is 10.1. The largest absolute Gasteiger partial charge is 0.487 e. The first kappa shape index (κ1) is 23.3. The number of nitrogens with zero attached hydrogens (tertiary/aromatic N) is 1. The number of amides is 1. The molecule has 0 aromatic heterocycles. The average molecular weight is 529 g/mol. The van der Waals surface area contributed by atoms with E-state index in [1.807, 2.05) is 61.5 Å². The van der Waals surface area contributed by atoms with Crippen LogP contribution in [0.4, 0.5) is 0 Å². The van der Waals surface area contributed by atoms with E-state index in [1.165, 1.54) is 4.90 Å². The molecule has 1 amide bonds. The summed E-state index contributed by atoms with van der Waals surface area (Å²) in [5.41, 5.74) is 2.73. The Bertz CT molecular complexity index is 1210. The van der Waals surface area contributed by atoms with Crippen LogP contribution >= 0.6 is 27.5 Å². The predicted molar refractivity (Wildman–Crippen MR) is 131 cm³/mol. The normalized spacial score (nSPS) is 16.7. The lowest BCUT2D eigenvalue weighted by molar-refractivity contribution is -0.137. The summed E-state index contributed by atoms with van der Waals surface area (Å²) in [7, 11) is 0. The Labute approximate surface area is 206 Å². The highest BCUT2D eigenvalue weighted by atomic mass is 79.9. The van der Waals surface area contributed by atoms with Crippen LogP contribution in [0.15, 0.2) is 71.2 Å². The molecule has 1 heterocycles. The van der Waals surface area contributed by atoms with Gasteiger partial charge >= 0.3 is 5.97 Å². The molecule has 0 unspecified atom stereocenters. The number of rotatable bonds is 7. The van der Waals surface area contributed by atoms with E-state index in [0.29, 0.717) is 23.4 Å². The summed E-state index contributed by atoms with van der Waals surface area (Å²) >= 11 is 9.75. The van der Waals surface area contributed by atoms with Gasteiger partial charge in [0.15, 0.2) is 0 Å². The van der Waals surface area contributed by atoms with Crippen molar-refractivity contribution in [3.63, 3.8) is 0 Å². The van der Waals surface area contributed by atoms with Crippen LogP contribution in [0.5, 0.6) is 5.75 Å². The van der Waals surface area contributed by atoms with E-state index >= 15 is 0 Å². The zero-order chi connectivity index (χ0) is 23.6. The van der Waals surface area contributed by atoms with Gasteiger partial charge in [-0.2, -0.15) is 0 Å². The maximum Gasteiger partial charge on any atom is 0.323 e. The summed E-state index contributed by atoms with van der Waals surface area (Å²) in [6.45, 7) is 1.84. The molecule has 0 bridgehead atoms. The molecule has 1 aliphatic rings. The van der Waals surface area contributed by atoms with Crippen molar-refractivity contribution in [2.24, 2.45) is 0 Å². The van der Waals surface area contributed by atoms with Crippen molar-refractivity contribution in [3.8, 4) is 5.75 Å². The number of aliphatic carboxylic acids is 1. The molecule has 0 radical (unpaired) electrons. The first-order valence-electron chi connectivity index (χ1n) is 10.5. The van der Waals surface area contributed by atoms with Crippen molar-refractivity contribution in [1.82, 2.24) is 4.90 Å². The lowest BCUT2D eigenvalue weighted by Gasteiger charge is -2.24. The fraction of sp³-hybridized carbons (Fsp3) is 0.231. The number of carboxylic acid groups (broad SMARTS) is 1. The molecular weight excluding hydrogens is 506 g/mol. The number of carbonyl (C=O) groups is 2.